The predicted molar refractivity (Wildman–Crippen MR) is 73.8 cm³/mol. The lowest BCUT2D eigenvalue weighted by Gasteiger charge is -2.09. The standard InChI is InChI=1S/C12H11F2N3.2ClH/c13-7-1-2-8(9(14)5-7)12-16-10-3-4-15-6-11(10)17-12;;/h1-2,5,15H,3-4,6H2,(H,16,17);2*1H. The van der Waals surface area contributed by atoms with Crippen molar-refractivity contribution in [3.05, 3.63) is 41.2 Å². The van der Waals surface area contributed by atoms with E-state index in [1.54, 1.807) is 0 Å². The second kappa shape index (κ2) is 6.32. The summed E-state index contributed by atoms with van der Waals surface area (Å²) >= 11 is 0. The second-order valence-corrected chi connectivity index (χ2v) is 4.06. The Balaban J connectivity index is 0.000000902. The molecule has 2 aromatic rings. The molecule has 0 atom stereocenters. The molecule has 0 aliphatic carbocycles. The third kappa shape index (κ3) is 3.05. The molecule has 1 aromatic carbocycles. The highest BCUT2D eigenvalue weighted by molar-refractivity contribution is 5.85. The van der Waals surface area contributed by atoms with Gasteiger partial charge in [-0.2, -0.15) is 0 Å². The number of nitrogens with zero attached hydrogens (tertiary/aromatic N) is 1. The molecule has 0 bridgehead atoms. The lowest BCUT2D eigenvalue weighted by molar-refractivity contribution is 0.585. The Morgan fingerprint density at radius 3 is 2.63 bits per heavy atom. The van der Waals surface area contributed by atoms with Gasteiger partial charge in [0.25, 0.3) is 0 Å². The Kier molecular flexibility index (Phi) is 5.29. The van der Waals surface area contributed by atoms with Gasteiger partial charge in [0.2, 0.25) is 0 Å². The van der Waals surface area contributed by atoms with Gasteiger partial charge in [-0.3, -0.25) is 0 Å². The van der Waals surface area contributed by atoms with E-state index in [1.165, 1.54) is 12.1 Å². The Morgan fingerprint density at radius 2 is 1.95 bits per heavy atom. The van der Waals surface area contributed by atoms with Gasteiger partial charge in [0.1, 0.15) is 17.5 Å². The Bertz CT molecular complexity index is 549. The van der Waals surface area contributed by atoms with Crippen molar-refractivity contribution in [2.45, 2.75) is 13.0 Å². The summed E-state index contributed by atoms with van der Waals surface area (Å²) in [6.07, 6.45) is 0.828. The van der Waals surface area contributed by atoms with Crippen LogP contribution >= 0.6 is 24.8 Å². The van der Waals surface area contributed by atoms with Crippen molar-refractivity contribution in [1.82, 2.24) is 15.3 Å². The van der Waals surface area contributed by atoms with Crippen LogP contribution in [0.15, 0.2) is 18.2 Å². The van der Waals surface area contributed by atoms with Gasteiger partial charge in [-0.05, 0) is 12.1 Å². The van der Waals surface area contributed by atoms with E-state index in [1.807, 2.05) is 0 Å². The van der Waals surface area contributed by atoms with Crippen molar-refractivity contribution in [2.24, 2.45) is 0 Å². The minimum absolute atomic E-state index is 0. The van der Waals surface area contributed by atoms with Crippen molar-refractivity contribution in [3.63, 3.8) is 0 Å². The second-order valence-electron chi connectivity index (χ2n) is 4.06. The van der Waals surface area contributed by atoms with Gasteiger partial charge in [-0.1, -0.05) is 0 Å². The Hall–Kier alpha value is -1.17. The monoisotopic (exact) mass is 307 g/mol. The van der Waals surface area contributed by atoms with Crippen molar-refractivity contribution in [1.29, 1.82) is 0 Å². The number of nitrogens with one attached hydrogen (secondary N) is 2. The van der Waals surface area contributed by atoms with E-state index in [9.17, 15) is 8.78 Å². The summed E-state index contributed by atoms with van der Waals surface area (Å²) in [7, 11) is 0. The van der Waals surface area contributed by atoms with Crippen molar-refractivity contribution < 1.29 is 8.78 Å². The molecule has 2 N–H and O–H groups in total. The zero-order valence-electron chi connectivity index (χ0n) is 9.87. The van der Waals surface area contributed by atoms with E-state index < -0.39 is 11.6 Å². The SMILES string of the molecule is Cl.Cl.Fc1ccc(-c2nc3c([nH]2)CNCC3)c(F)c1. The maximum atomic E-state index is 13.6. The molecule has 0 saturated carbocycles. The van der Waals surface area contributed by atoms with Crippen LogP contribution in [0.5, 0.6) is 0 Å². The van der Waals surface area contributed by atoms with Crippen LogP contribution in [-0.2, 0) is 13.0 Å². The molecule has 3 rings (SSSR count). The zero-order chi connectivity index (χ0) is 11.8. The summed E-state index contributed by atoms with van der Waals surface area (Å²) in [5.74, 6) is -0.704. The summed E-state index contributed by atoms with van der Waals surface area (Å²) < 4.78 is 26.4. The smallest absolute Gasteiger partial charge is 0.140 e. The average molecular weight is 308 g/mol. The fraction of sp³-hybridized carbons (Fsp3) is 0.250. The van der Waals surface area contributed by atoms with Gasteiger partial charge in [-0.25, -0.2) is 13.8 Å². The maximum Gasteiger partial charge on any atom is 0.140 e. The largest absolute Gasteiger partial charge is 0.340 e. The topological polar surface area (TPSA) is 40.7 Å². The van der Waals surface area contributed by atoms with Gasteiger partial charge in [0.15, 0.2) is 0 Å². The van der Waals surface area contributed by atoms with Crippen LogP contribution in [0.4, 0.5) is 8.78 Å². The van der Waals surface area contributed by atoms with Gasteiger partial charge in [0, 0.05) is 25.6 Å². The van der Waals surface area contributed by atoms with Gasteiger partial charge in [0.05, 0.1) is 17.0 Å². The molecule has 0 radical (unpaired) electrons. The molecular formula is C12H13Cl2F2N3. The third-order valence-electron chi connectivity index (χ3n) is 2.89. The molecule has 2 heterocycles. The van der Waals surface area contributed by atoms with Crippen LogP contribution in [0.3, 0.4) is 0 Å². The Morgan fingerprint density at radius 1 is 1.16 bits per heavy atom. The highest BCUT2D eigenvalue weighted by Gasteiger charge is 2.16. The van der Waals surface area contributed by atoms with Gasteiger partial charge in [-0.15, -0.1) is 24.8 Å². The first-order valence-electron chi connectivity index (χ1n) is 5.48. The molecule has 0 fully saturated rings. The first-order chi connectivity index (χ1) is 8.24. The van der Waals surface area contributed by atoms with E-state index in [4.69, 9.17) is 0 Å². The highest BCUT2D eigenvalue weighted by atomic mass is 35.5. The quantitative estimate of drug-likeness (QED) is 0.850. The van der Waals surface area contributed by atoms with Crippen LogP contribution in [-0.4, -0.2) is 16.5 Å². The number of hydrogen-bond acceptors (Lipinski definition) is 2. The fourth-order valence-corrected chi connectivity index (χ4v) is 2.03. The van der Waals surface area contributed by atoms with Crippen LogP contribution in [0.25, 0.3) is 11.4 Å². The van der Waals surface area contributed by atoms with Crippen LogP contribution < -0.4 is 5.32 Å². The molecular weight excluding hydrogens is 295 g/mol. The van der Waals surface area contributed by atoms with Crippen molar-refractivity contribution in [3.8, 4) is 11.4 Å². The first kappa shape index (κ1) is 15.9. The maximum absolute atomic E-state index is 13.6. The summed E-state index contributed by atoms with van der Waals surface area (Å²) in [5, 5.41) is 3.20. The minimum Gasteiger partial charge on any atom is -0.340 e. The summed E-state index contributed by atoms with van der Waals surface area (Å²) in [6.45, 7) is 1.59. The van der Waals surface area contributed by atoms with Crippen molar-refractivity contribution >= 4 is 24.8 Å². The number of hydrogen-bond donors (Lipinski definition) is 2. The first-order valence-corrected chi connectivity index (χ1v) is 5.48. The zero-order valence-corrected chi connectivity index (χ0v) is 11.5. The molecule has 1 aliphatic heterocycles. The minimum atomic E-state index is -0.593. The highest BCUT2D eigenvalue weighted by Crippen LogP contribution is 2.23. The van der Waals surface area contributed by atoms with Gasteiger partial charge < -0.3 is 10.3 Å². The lowest BCUT2D eigenvalue weighted by atomic mass is 10.2. The molecule has 104 valence electrons. The summed E-state index contributed by atoms with van der Waals surface area (Å²) in [6, 6.07) is 3.51. The molecule has 7 heteroatoms. The molecule has 0 unspecified atom stereocenters. The van der Waals surface area contributed by atoms with E-state index in [2.05, 4.69) is 15.3 Å². The number of imidazole rings is 1. The van der Waals surface area contributed by atoms with E-state index in [0.29, 0.717) is 17.9 Å². The van der Waals surface area contributed by atoms with Crippen LogP contribution in [0, 0.1) is 11.6 Å². The Labute approximate surface area is 121 Å². The third-order valence-corrected chi connectivity index (χ3v) is 2.89. The molecule has 19 heavy (non-hydrogen) atoms. The number of fused-ring (bicyclic) bond motifs is 1. The normalized spacial score (nSPS) is 13.2. The van der Waals surface area contributed by atoms with Crippen LogP contribution in [0.2, 0.25) is 0 Å². The lowest BCUT2D eigenvalue weighted by Crippen LogP contribution is -2.23. The number of aromatic nitrogens is 2. The number of rotatable bonds is 1. The van der Waals surface area contributed by atoms with Gasteiger partial charge >= 0.3 is 0 Å². The summed E-state index contributed by atoms with van der Waals surface area (Å²) in [4.78, 5) is 7.43. The van der Waals surface area contributed by atoms with Crippen molar-refractivity contribution in [2.75, 3.05) is 6.54 Å². The molecule has 0 spiro atoms. The molecule has 1 aliphatic rings. The molecule has 3 nitrogen and oxygen atoms in total. The van der Waals surface area contributed by atoms with E-state index >= 15 is 0 Å². The summed E-state index contributed by atoms with van der Waals surface area (Å²) in [5.41, 5.74) is 2.25. The van der Waals surface area contributed by atoms with Crippen LogP contribution in [0.1, 0.15) is 11.4 Å². The number of H-pyrrole nitrogens is 1. The van der Waals surface area contributed by atoms with E-state index in [0.717, 1.165) is 30.4 Å². The van der Waals surface area contributed by atoms with E-state index in [-0.39, 0.29) is 24.8 Å². The predicted octanol–water partition coefficient (Wildman–Crippen LogP) is 2.84. The number of aromatic amines is 1. The molecule has 1 aromatic heterocycles. The average Bonchev–Trinajstić information content (AvgIpc) is 2.72. The number of halogens is 4. The molecule has 0 amide bonds. The number of benzene rings is 1. The molecule has 0 saturated heterocycles. The fourth-order valence-electron chi connectivity index (χ4n) is 2.03.